The van der Waals surface area contributed by atoms with E-state index in [9.17, 15) is 4.79 Å². The highest BCUT2D eigenvalue weighted by Crippen LogP contribution is 2.09. The van der Waals surface area contributed by atoms with Gasteiger partial charge >= 0.3 is 0 Å². The summed E-state index contributed by atoms with van der Waals surface area (Å²) < 4.78 is 0. The van der Waals surface area contributed by atoms with E-state index in [1.54, 1.807) is 12.4 Å². The monoisotopic (exact) mass is 297 g/mol. The summed E-state index contributed by atoms with van der Waals surface area (Å²) in [6, 6.07) is 11.7. The number of anilines is 1. The first-order valence-electron chi connectivity index (χ1n) is 7.80. The normalized spacial score (nSPS) is 10.2. The third-order valence-electron chi connectivity index (χ3n) is 3.41. The van der Waals surface area contributed by atoms with Gasteiger partial charge in [0.15, 0.2) is 0 Å². The summed E-state index contributed by atoms with van der Waals surface area (Å²) in [6.07, 6.45) is 6.87. The Kier molecular flexibility index (Phi) is 6.42. The minimum Gasteiger partial charge on any atom is -0.384 e. The summed E-state index contributed by atoms with van der Waals surface area (Å²) in [5, 5.41) is 6.22. The molecular weight excluding hydrogens is 274 g/mol. The molecule has 0 unspecified atom stereocenters. The molecule has 0 aliphatic carbocycles. The second kappa shape index (κ2) is 8.82. The molecule has 0 radical (unpaired) electrons. The number of benzene rings is 1. The minimum absolute atomic E-state index is 0.103. The van der Waals surface area contributed by atoms with Crippen LogP contribution in [0.25, 0.3) is 0 Å². The third kappa shape index (κ3) is 5.20. The van der Waals surface area contributed by atoms with E-state index in [0.717, 1.165) is 24.2 Å². The zero-order valence-electron chi connectivity index (χ0n) is 13.0. The van der Waals surface area contributed by atoms with Crippen LogP contribution < -0.4 is 10.6 Å². The third-order valence-corrected chi connectivity index (χ3v) is 3.41. The van der Waals surface area contributed by atoms with Crippen molar-refractivity contribution in [3.8, 4) is 0 Å². The summed E-state index contributed by atoms with van der Waals surface area (Å²) in [6.45, 7) is 3.61. The SMILES string of the molecule is CCCCCNc1cncc(C(=O)NCc2ccccc2)c1. The van der Waals surface area contributed by atoms with Crippen LogP contribution in [-0.2, 0) is 6.54 Å². The van der Waals surface area contributed by atoms with Crippen LogP contribution >= 0.6 is 0 Å². The predicted octanol–water partition coefficient (Wildman–Crippen LogP) is 3.61. The van der Waals surface area contributed by atoms with Crippen LogP contribution in [0.3, 0.4) is 0 Å². The lowest BCUT2D eigenvalue weighted by Crippen LogP contribution is -2.23. The van der Waals surface area contributed by atoms with Gasteiger partial charge < -0.3 is 10.6 Å². The van der Waals surface area contributed by atoms with Crippen molar-refractivity contribution in [2.75, 3.05) is 11.9 Å². The quantitative estimate of drug-likeness (QED) is 0.732. The van der Waals surface area contributed by atoms with Gasteiger partial charge in [-0.25, -0.2) is 0 Å². The Hall–Kier alpha value is -2.36. The van der Waals surface area contributed by atoms with Crippen LogP contribution in [0.2, 0.25) is 0 Å². The second-order valence-corrected chi connectivity index (χ2v) is 5.26. The lowest BCUT2D eigenvalue weighted by Gasteiger charge is -2.08. The summed E-state index contributed by atoms with van der Waals surface area (Å²) in [4.78, 5) is 16.3. The number of rotatable bonds is 8. The minimum atomic E-state index is -0.103. The van der Waals surface area contributed by atoms with Gasteiger partial charge in [0.1, 0.15) is 0 Å². The number of nitrogens with one attached hydrogen (secondary N) is 2. The number of aromatic nitrogens is 1. The molecule has 1 aromatic heterocycles. The molecule has 0 atom stereocenters. The van der Waals surface area contributed by atoms with E-state index in [0.29, 0.717) is 12.1 Å². The Morgan fingerprint density at radius 2 is 1.95 bits per heavy atom. The molecular formula is C18H23N3O. The van der Waals surface area contributed by atoms with E-state index in [1.165, 1.54) is 12.8 Å². The molecule has 116 valence electrons. The fourth-order valence-electron chi connectivity index (χ4n) is 2.15. The van der Waals surface area contributed by atoms with Gasteiger partial charge in [0.05, 0.1) is 11.3 Å². The number of pyridine rings is 1. The molecule has 4 nitrogen and oxygen atoms in total. The van der Waals surface area contributed by atoms with Crippen molar-refractivity contribution in [1.82, 2.24) is 10.3 Å². The number of carbonyl (C=O) groups excluding carboxylic acids is 1. The van der Waals surface area contributed by atoms with Gasteiger partial charge in [0.25, 0.3) is 5.91 Å². The molecule has 1 heterocycles. The molecule has 0 saturated carbocycles. The molecule has 0 aliphatic rings. The molecule has 0 aliphatic heterocycles. The van der Waals surface area contributed by atoms with Crippen LogP contribution in [0, 0.1) is 0 Å². The molecule has 4 heteroatoms. The maximum absolute atomic E-state index is 12.2. The van der Waals surface area contributed by atoms with E-state index < -0.39 is 0 Å². The van der Waals surface area contributed by atoms with Gasteiger partial charge in [-0.1, -0.05) is 50.1 Å². The van der Waals surface area contributed by atoms with Crippen LogP contribution in [0.1, 0.15) is 42.1 Å². The zero-order valence-corrected chi connectivity index (χ0v) is 13.0. The fraction of sp³-hybridized carbons (Fsp3) is 0.333. The largest absolute Gasteiger partial charge is 0.384 e. The summed E-state index contributed by atoms with van der Waals surface area (Å²) in [5.41, 5.74) is 2.55. The topological polar surface area (TPSA) is 54.0 Å². The second-order valence-electron chi connectivity index (χ2n) is 5.26. The van der Waals surface area contributed by atoms with E-state index in [1.807, 2.05) is 36.4 Å². The number of carbonyl (C=O) groups is 1. The Balaban J connectivity index is 1.86. The van der Waals surface area contributed by atoms with Gasteiger partial charge in [0, 0.05) is 25.5 Å². The zero-order chi connectivity index (χ0) is 15.6. The Bertz CT molecular complexity index is 584. The maximum atomic E-state index is 12.2. The van der Waals surface area contributed by atoms with E-state index in [-0.39, 0.29) is 5.91 Å². The molecule has 1 amide bonds. The summed E-state index contributed by atoms with van der Waals surface area (Å²) >= 11 is 0. The highest BCUT2D eigenvalue weighted by atomic mass is 16.1. The van der Waals surface area contributed by atoms with Crippen molar-refractivity contribution in [3.05, 3.63) is 59.9 Å². The Morgan fingerprint density at radius 3 is 2.73 bits per heavy atom. The fourth-order valence-corrected chi connectivity index (χ4v) is 2.15. The van der Waals surface area contributed by atoms with Gasteiger partial charge in [-0.3, -0.25) is 9.78 Å². The molecule has 2 N–H and O–H groups in total. The van der Waals surface area contributed by atoms with Crippen LogP contribution in [0.5, 0.6) is 0 Å². The van der Waals surface area contributed by atoms with Crippen molar-refractivity contribution >= 4 is 11.6 Å². The van der Waals surface area contributed by atoms with Gasteiger partial charge in [-0.05, 0) is 18.1 Å². The standard InChI is InChI=1S/C18H23N3O/c1-2-3-7-10-20-17-11-16(13-19-14-17)18(22)21-12-15-8-5-4-6-9-15/h4-6,8-9,11,13-14,20H,2-3,7,10,12H2,1H3,(H,21,22). The lowest BCUT2D eigenvalue weighted by molar-refractivity contribution is 0.0950. The molecule has 2 rings (SSSR count). The molecule has 22 heavy (non-hydrogen) atoms. The average molecular weight is 297 g/mol. The molecule has 1 aromatic carbocycles. The highest BCUT2D eigenvalue weighted by molar-refractivity contribution is 5.94. The maximum Gasteiger partial charge on any atom is 0.253 e. The molecule has 0 fully saturated rings. The van der Waals surface area contributed by atoms with Gasteiger partial charge in [0.2, 0.25) is 0 Å². The van der Waals surface area contributed by atoms with E-state index in [4.69, 9.17) is 0 Å². The van der Waals surface area contributed by atoms with E-state index >= 15 is 0 Å². The van der Waals surface area contributed by atoms with Gasteiger partial charge in [-0.2, -0.15) is 0 Å². The first-order chi connectivity index (χ1) is 10.8. The van der Waals surface area contributed by atoms with Crippen LogP contribution in [-0.4, -0.2) is 17.4 Å². The van der Waals surface area contributed by atoms with Crippen LogP contribution in [0.4, 0.5) is 5.69 Å². The molecule has 0 saturated heterocycles. The van der Waals surface area contributed by atoms with Crippen molar-refractivity contribution in [3.63, 3.8) is 0 Å². The smallest absolute Gasteiger partial charge is 0.253 e. The molecule has 2 aromatic rings. The number of hydrogen-bond acceptors (Lipinski definition) is 3. The summed E-state index contributed by atoms with van der Waals surface area (Å²) in [7, 11) is 0. The lowest BCUT2D eigenvalue weighted by atomic mass is 10.2. The van der Waals surface area contributed by atoms with Crippen molar-refractivity contribution < 1.29 is 4.79 Å². The van der Waals surface area contributed by atoms with Crippen molar-refractivity contribution in [2.24, 2.45) is 0 Å². The number of unbranched alkanes of at least 4 members (excludes halogenated alkanes) is 2. The first kappa shape index (κ1) is 16.0. The highest BCUT2D eigenvalue weighted by Gasteiger charge is 2.06. The molecule has 0 spiro atoms. The van der Waals surface area contributed by atoms with Crippen molar-refractivity contribution in [2.45, 2.75) is 32.7 Å². The Morgan fingerprint density at radius 1 is 1.14 bits per heavy atom. The number of hydrogen-bond donors (Lipinski definition) is 2. The summed E-state index contributed by atoms with van der Waals surface area (Å²) in [5.74, 6) is -0.103. The number of amides is 1. The molecule has 0 bridgehead atoms. The Labute approximate surface area is 132 Å². The van der Waals surface area contributed by atoms with Crippen LogP contribution in [0.15, 0.2) is 48.8 Å². The predicted molar refractivity (Wildman–Crippen MR) is 89.9 cm³/mol. The van der Waals surface area contributed by atoms with E-state index in [2.05, 4.69) is 22.5 Å². The van der Waals surface area contributed by atoms with Gasteiger partial charge in [-0.15, -0.1) is 0 Å². The van der Waals surface area contributed by atoms with Crippen molar-refractivity contribution in [1.29, 1.82) is 0 Å². The number of nitrogens with zero attached hydrogens (tertiary/aromatic N) is 1. The first-order valence-corrected chi connectivity index (χ1v) is 7.80. The average Bonchev–Trinajstić information content (AvgIpc) is 2.58.